The summed E-state index contributed by atoms with van der Waals surface area (Å²) in [7, 11) is 0. The number of carbonyl (C=O) groups excluding carboxylic acids is 3. The molecular weight excluding hydrogens is 392 g/mol. The Morgan fingerprint density at radius 2 is 1.61 bits per heavy atom. The fourth-order valence-electron chi connectivity index (χ4n) is 4.05. The Morgan fingerprint density at radius 1 is 1.06 bits per heavy atom. The number of carbonyl (C=O) groups is 3. The molecule has 0 saturated carbocycles. The monoisotopic (exact) mass is 430 g/mol. The third-order valence-corrected chi connectivity index (χ3v) is 6.04. The minimum Gasteiger partial charge on any atom is -0.454 e. The molecule has 0 radical (unpaired) electrons. The number of hydrogen-bond acceptors (Lipinski definition) is 4. The Bertz CT molecular complexity index is 770. The van der Waals surface area contributed by atoms with Crippen LogP contribution in [0, 0.1) is 5.92 Å². The van der Waals surface area contributed by atoms with E-state index in [0.717, 1.165) is 24.8 Å². The van der Waals surface area contributed by atoms with Crippen molar-refractivity contribution in [1.82, 2.24) is 10.2 Å². The smallest absolute Gasteiger partial charge is 0.329 e. The number of ether oxygens (including phenoxy) is 1. The van der Waals surface area contributed by atoms with Gasteiger partial charge in [-0.05, 0) is 62.1 Å². The standard InChI is InChI=1S/C25H38N2O4/c1-16(2)22(26-23(29)19-11-13-20(14-12-19)25(5,6)7)24(30)31-15-21(28)27-17(3)9-8-10-18(27)4/h11-14,16-18,22H,8-10,15H2,1-7H3,(H,26,29)/t17-,18-,22-/m0/s1. The normalized spacial score (nSPS) is 20.3. The molecular formula is C25H38N2O4. The van der Waals surface area contributed by atoms with E-state index in [0.29, 0.717) is 5.56 Å². The molecule has 0 unspecified atom stereocenters. The van der Waals surface area contributed by atoms with Crippen LogP contribution in [0.4, 0.5) is 0 Å². The number of nitrogens with zero attached hydrogens (tertiary/aromatic N) is 1. The van der Waals surface area contributed by atoms with Crippen molar-refractivity contribution in [3.8, 4) is 0 Å². The molecule has 172 valence electrons. The third-order valence-electron chi connectivity index (χ3n) is 6.04. The first-order valence-electron chi connectivity index (χ1n) is 11.3. The molecule has 2 amide bonds. The summed E-state index contributed by atoms with van der Waals surface area (Å²) in [6, 6.07) is 6.86. The second-order valence-electron chi connectivity index (χ2n) is 10.1. The third kappa shape index (κ3) is 6.55. The maximum atomic E-state index is 12.7. The van der Waals surface area contributed by atoms with Gasteiger partial charge in [-0.3, -0.25) is 9.59 Å². The van der Waals surface area contributed by atoms with Crippen molar-refractivity contribution in [2.45, 2.75) is 91.3 Å². The van der Waals surface area contributed by atoms with E-state index in [-0.39, 0.29) is 41.8 Å². The summed E-state index contributed by atoms with van der Waals surface area (Å²) >= 11 is 0. The Balaban J connectivity index is 1.99. The second-order valence-corrected chi connectivity index (χ2v) is 10.1. The van der Waals surface area contributed by atoms with Crippen LogP contribution in [-0.4, -0.2) is 47.4 Å². The Kier molecular flexibility index (Phi) is 8.27. The topological polar surface area (TPSA) is 75.7 Å². The fourth-order valence-corrected chi connectivity index (χ4v) is 4.05. The summed E-state index contributed by atoms with van der Waals surface area (Å²) in [5.41, 5.74) is 1.61. The van der Waals surface area contributed by atoms with Crippen LogP contribution < -0.4 is 5.32 Å². The van der Waals surface area contributed by atoms with Gasteiger partial charge < -0.3 is 15.0 Å². The quantitative estimate of drug-likeness (QED) is 0.690. The highest BCUT2D eigenvalue weighted by atomic mass is 16.5. The van der Waals surface area contributed by atoms with Gasteiger partial charge in [-0.1, -0.05) is 46.8 Å². The van der Waals surface area contributed by atoms with E-state index >= 15 is 0 Å². The first-order chi connectivity index (χ1) is 14.4. The van der Waals surface area contributed by atoms with Crippen LogP contribution in [0.25, 0.3) is 0 Å². The van der Waals surface area contributed by atoms with Crippen molar-refractivity contribution in [2.75, 3.05) is 6.61 Å². The largest absolute Gasteiger partial charge is 0.454 e. The van der Waals surface area contributed by atoms with Gasteiger partial charge in [0.2, 0.25) is 0 Å². The summed E-state index contributed by atoms with van der Waals surface area (Å²) in [6.45, 7) is 13.8. The zero-order chi connectivity index (χ0) is 23.3. The molecule has 6 heteroatoms. The first kappa shape index (κ1) is 24.9. The molecule has 1 heterocycles. The molecule has 1 fully saturated rings. The van der Waals surface area contributed by atoms with Gasteiger partial charge in [0.1, 0.15) is 6.04 Å². The molecule has 0 bridgehead atoms. The van der Waals surface area contributed by atoms with Crippen molar-refractivity contribution in [2.24, 2.45) is 5.92 Å². The van der Waals surface area contributed by atoms with E-state index in [1.54, 1.807) is 12.1 Å². The lowest BCUT2D eigenvalue weighted by molar-refractivity contribution is -0.157. The number of amides is 2. The van der Waals surface area contributed by atoms with Gasteiger partial charge >= 0.3 is 5.97 Å². The SMILES string of the molecule is CC(C)[C@H](NC(=O)c1ccc(C(C)(C)C)cc1)C(=O)OCC(=O)N1[C@@H](C)CCC[C@@H]1C. The van der Waals surface area contributed by atoms with E-state index in [9.17, 15) is 14.4 Å². The molecule has 31 heavy (non-hydrogen) atoms. The minimum atomic E-state index is -0.821. The van der Waals surface area contributed by atoms with Crippen LogP contribution >= 0.6 is 0 Å². The molecule has 1 aromatic carbocycles. The van der Waals surface area contributed by atoms with Crippen molar-refractivity contribution in [3.63, 3.8) is 0 Å². The number of hydrogen-bond donors (Lipinski definition) is 1. The molecule has 3 atom stereocenters. The average molecular weight is 431 g/mol. The Labute approximate surface area is 186 Å². The van der Waals surface area contributed by atoms with Gasteiger partial charge in [-0.15, -0.1) is 0 Å². The van der Waals surface area contributed by atoms with Crippen LogP contribution in [0.15, 0.2) is 24.3 Å². The lowest BCUT2D eigenvalue weighted by Crippen LogP contribution is -2.50. The maximum Gasteiger partial charge on any atom is 0.329 e. The number of esters is 1. The highest BCUT2D eigenvalue weighted by molar-refractivity contribution is 5.97. The van der Waals surface area contributed by atoms with Crippen LogP contribution in [0.1, 0.15) is 83.7 Å². The van der Waals surface area contributed by atoms with Crippen molar-refractivity contribution < 1.29 is 19.1 Å². The van der Waals surface area contributed by atoms with Gasteiger partial charge in [-0.25, -0.2) is 4.79 Å². The molecule has 1 N–H and O–H groups in total. The van der Waals surface area contributed by atoms with Crippen molar-refractivity contribution in [1.29, 1.82) is 0 Å². The van der Waals surface area contributed by atoms with Gasteiger partial charge in [-0.2, -0.15) is 0 Å². The molecule has 2 rings (SSSR count). The van der Waals surface area contributed by atoms with Crippen molar-refractivity contribution >= 4 is 17.8 Å². The van der Waals surface area contributed by atoms with E-state index in [1.807, 2.05) is 44.7 Å². The summed E-state index contributed by atoms with van der Waals surface area (Å²) in [5.74, 6) is -1.27. The number of piperidine rings is 1. The van der Waals surface area contributed by atoms with E-state index < -0.39 is 12.0 Å². The molecule has 1 aliphatic rings. The van der Waals surface area contributed by atoms with Crippen LogP contribution in [0.2, 0.25) is 0 Å². The minimum absolute atomic E-state index is 0.00479. The number of benzene rings is 1. The maximum absolute atomic E-state index is 12.7. The summed E-state index contributed by atoms with van der Waals surface area (Å²) in [5, 5.41) is 2.77. The van der Waals surface area contributed by atoms with Gasteiger partial charge in [0.15, 0.2) is 6.61 Å². The molecule has 1 aliphatic heterocycles. The molecule has 1 aromatic rings. The van der Waals surface area contributed by atoms with E-state index in [4.69, 9.17) is 4.74 Å². The lowest BCUT2D eigenvalue weighted by atomic mass is 9.86. The van der Waals surface area contributed by atoms with Crippen molar-refractivity contribution in [3.05, 3.63) is 35.4 Å². The highest BCUT2D eigenvalue weighted by Gasteiger charge is 2.31. The van der Waals surface area contributed by atoms with Crippen LogP contribution in [-0.2, 0) is 19.7 Å². The zero-order valence-electron chi connectivity index (χ0n) is 20.0. The van der Waals surface area contributed by atoms with E-state index in [2.05, 4.69) is 26.1 Å². The predicted molar refractivity (Wildman–Crippen MR) is 122 cm³/mol. The molecule has 0 aromatic heterocycles. The highest BCUT2D eigenvalue weighted by Crippen LogP contribution is 2.23. The molecule has 0 aliphatic carbocycles. The number of likely N-dealkylation sites (tertiary alicyclic amines) is 1. The van der Waals surface area contributed by atoms with Gasteiger partial charge in [0, 0.05) is 17.6 Å². The fraction of sp³-hybridized carbons (Fsp3) is 0.640. The number of nitrogens with one attached hydrogen (secondary N) is 1. The molecule has 6 nitrogen and oxygen atoms in total. The van der Waals surface area contributed by atoms with Crippen LogP contribution in [0.3, 0.4) is 0 Å². The zero-order valence-corrected chi connectivity index (χ0v) is 20.0. The lowest BCUT2D eigenvalue weighted by Gasteiger charge is -2.39. The Morgan fingerprint density at radius 3 is 2.10 bits per heavy atom. The predicted octanol–water partition coefficient (Wildman–Crippen LogP) is 4.07. The Hall–Kier alpha value is -2.37. The summed E-state index contributed by atoms with van der Waals surface area (Å²) in [6.07, 6.45) is 3.02. The van der Waals surface area contributed by atoms with Crippen LogP contribution in [0.5, 0.6) is 0 Å². The first-order valence-corrected chi connectivity index (χ1v) is 11.3. The number of rotatable bonds is 6. The summed E-state index contributed by atoms with van der Waals surface area (Å²) in [4.78, 5) is 39.8. The molecule has 0 spiro atoms. The average Bonchev–Trinajstić information content (AvgIpc) is 2.69. The molecule has 1 saturated heterocycles. The van der Waals surface area contributed by atoms with Gasteiger partial charge in [0.25, 0.3) is 11.8 Å². The summed E-state index contributed by atoms with van der Waals surface area (Å²) < 4.78 is 5.33. The van der Waals surface area contributed by atoms with Gasteiger partial charge in [0.05, 0.1) is 0 Å². The van der Waals surface area contributed by atoms with E-state index in [1.165, 1.54) is 0 Å². The second kappa shape index (κ2) is 10.3.